The Bertz CT molecular complexity index is 844. The second-order valence-corrected chi connectivity index (χ2v) is 8.73. The van der Waals surface area contributed by atoms with Gasteiger partial charge in [-0.15, -0.1) is 11.8 Å². The lowest BCUT2D eigenvalue weighted by Crippen LogP contribution is -2.37. The van der Waals surface area contributed by atoms with Crippen LogP contribution in [0.1, 0.15) is 19.2 Å². The summed E-state index contributed by atoms with van der Waals surface area (Å²) in [6, 6.07) is 5.74. The summed E-state index contributed by atoms with van der Waals surface area (Å²) < 4.78 is 8.73. The maximum Gasteiger partial charge on any atom is 0.350 e. The molecule has 140 valence electrons. The molecule has 0 N–H and O–H groups in total. The Kier molecular flexibility index (Phi) is 5.40. The summed E-state index contributed by atoms with van der Waals surface area (Å²) >= 11 is 7.96. The van der Waals surface area contributed by atoms with Crippen LogP contribution < -0.4 is 5.69 Å². The van der Waals surface area contributed by atoms with Crippen LogP contribution in [0.3, 0.4) is 0 Å². The number of hydrogen-bond acceptors (Lipinski definition) is 5. The second-order valence-electron chi connectivity index (χ2n) is 6.81. The van der Waals surface area contributed by atoms with E-state index in [9.17, 15) is 4.79 Å². The summed E-state index contributed by atoms with van der Waals surface area (Å²) in [6.45, 7) is 7.29. The van der Waals surface area contributed by atoms with E-state index in [2.05, 4.69) is 16.9 Å². The lowest BCUT2D eigenvalue weighted by Gasteiger charge is -2.26. The molecule has 1 aromatic heterocycles. The predicted molar refractivity (Wildman–Crippen MR) is 104 cm³/mol. The van der Waals surface area contributed by atoms with E-state index in [4.69, 9.17) is 16.3 Å². The average Bonchev–Trinajstić information content (AvgIpc) is 2.84. The molecule has 2 aromatic rings. The van der Waals surface area contributed by atoms with E-state index in [0.717, 1.165) is 62.1 Å². The van der Waals surface area contributed by atoms with Crippen molar-refractivity contribution in [2.45, 2.75) is 36.5 Å². The van der Waals surface area contributed by atoms with E-state index in [1.807, 2.05) is 18.2 Å². The maximum absolute atomic E-state index is 13.0. The van der Waals surface area contributed by atoms with Crippen LogP contribution in [0.2, 0.25) is 5.02 Å². The van der Waals surface area contributed by atoms with Gasteiger partial charge in [-0.25, -0.2) is 14.0 Å². The van der Waals surface area contributed by atoms with Crippen molar-refractivity contribution >= 4 is 23.4 Å². The van der Waals surface area contributed by atoms with Gasteiger partial charge in [-0.3, -0.25) is 4.90 Å². The molecule has 1 atom stereocenters. The molecule has 0 saturated carbocycles. The van der Waals surface area contributed by atoms with Crippen molar-refractivity contribution in [1.82, 2.24) is 19.2 Å². The van der Waals surface area contributed by atoms with Gasteiger partial charge in [-0.1, -0.05) is 18.5 Å². The zero-order valence-electron chi connectivity index (χ0n) is 14.9. The number of morpholine rings is 1. The van der Waals surface area contributed by atoms with Gasteiger partial charge in [-0.05, 0) is 24.6 Å². The molecule has 0 radical (unpaired) electrons. The Morgan fingerprint density at radius 1 is 1.31 bits per heavy atom. The van der Waals surface area contributed by atoms with Gasteiger partial charge in [0.25, 0.3) is 0 Å². The molecule has 1 fully saturated rings. The predicted octanol–water partition coefficient (Wildman–Crippen LogP) is 2.45. The third-order valence-corrected chi connectivity index (χ3v) is 6.22. The third-order valence-electron chi connectivity index (χ3n) is 4.81. The molecule has 1 unspecified atom stereocenters. The molecular weight excluding hydrogens is 372 g/mol. The van der Waals surface area contributed by atoms with Crippen molar-refractivity contribution in [2.75, 3.05) is 32.8 Å². The van der Waals surface area contributed by atoms with Crippen LogP contribution in [0, 0.1) is 0 Å². The zero-order chi connectivity index (χ0) is 18.1. The van der Waals surface area contributed by atoms with Gasteiger partial charge in [0, 0.05) is 47.8 Å². The van der Waals surface area contributed by atoms with Crippen molar-refractivity contribution in [3.8, 4) is 5.69 Å². The Labute approximate surface area is 162 Å². The molecule has 0 bridgehead atoms. The number of rotatable bonds is 4. The van der Waals surface area contributed by atoms with Crippen molar-refractivity contribution in [3.05, 3.63) is 39.5 Å². The molecule has 3 heterocycles. The summed E-state index contributed by atoms with van der Waals surface area (Å²) in [5.41, 5.74) is 0.784. The third kappa shape index (κ3) is 3.71. The van der Waals surface area contributed by atoms with Gasteiger partial charge < -0.3 is 4.74 Å². The number of aromatic nitrogens is 3. The van der Waals surface area contributed by atoms with Gasteiger partial charge in [0.15, 0.2) is 0 Å². The molecule has 6 nitrogen and oxygen atoms in total. The SMILES string of the molecule is CC1Cc2nn(CCCN3CCOCC3)c(=O)n2-c2cc(Cl)ccc2S1. The number of aryl methyl sites for hydroxylation is 1. The van der Waals surface area contributed by atoms with Crippen LogP contribution >= 0.6 is 23.4 Å². The van der Waals surface area contributed by atoms with Gasteiger partial charge >= 0.3 is 5.69 Å². The van der Waals surface area contributed by atoms with Crippen molar-refractivity contribution < 1.29 is 4.74 Å². The Morgan fingerprint density at radius 2 is 2.12 bits per heavy atom. The number of fused-ring (bicyclic) bond motifs is 3. The normalized spacial score (nSPS) is 20.5. The first kappa shape index (κ1) is 18.1. The van der Waals surface area contributed by atoms with Crippen molar-refractivity contribution in [3.63, 3.8) is 0 Å². The molecule has 1 saturated heterocycles. The van der Waals surface area contributed by atoms with Crippen molar-refractivity contribution in [1.29, 1.82) is 0 Å². The van der Waals surface area contributed by atoms with E-state index in [1.54, 1.807) is 21.0 Å². The van der Waals surface area contributed by atoms with E-state index >= 15 is 0 Å². The fraction of sp³-hybridized carbons (Fsp3) is 0.556. The minimum absolute atomic E-state index is 0.0693. The molecule has 2 aliphatic heterocycles. The number of benzene rings is 1. The molecule has 0 aliphatic carbocycles. The van der Waals surface area contributed by atoms with Crippen molar-refractivity contribution in [2.24, 2.45) is 0 Å². The molecule has 0 spiro atoms. The Morgan fingerprint density at radius 3 is 2.92 bits per heavy atom. The summed E-state index contributed by atoms with van der Waals surface area (Å²) in [5, 5.41) is 5.64. The first-order chi connectivity index (χ1) is 12.6. The van der Waals surface area contributed by atoms with Crippen LogP contribution in [0.25, 0.3) is 5.69 Å². The second kappa shape index (κ2) is 7.76. The number of thioether (sulfide) groups is 1. The van der Waals surface area contributed by atoms with Crippen LogP contribution in [0.15, 0.2) is 27.9 Å². The largest absolute Gasteiger partial charge is 0.379 e. The quantitative estimate of drug-likeness (QED) is 0.797. The highest BCUT2D eigenvalue weighted by molar-refractivity contribution is 8.00. The zero-order valence-corrected chi connectivity index (χ0v) is 16.4. The Hall–Kier alpha value is -1.28. The topological polar surface area (TPSA) is 52.3 Å². The number of hydrogen-bond donors (Lipinski definition) is 0. The lowest BCUT2D eigenvalue weighted by atomic mass is 10.3. The summed E-state index contributed by atoms with van der Waals surface area (Å²) in [7, 11) is 0. The minimum Gasteiger partial charge on any atom is -0.379 e. The number of ether oxygens (including phenoxy) is 1. The van der Waals surface area contributed by atoms with E-state index < -0.39 is 0 Å². The average molecular weight is 395 g/mol. The Balaban J connectivity index is 1.57. The van der Waals surface area contributed by atoms with Gasteiger partial charge in [0.05, 0.1) is 18.9 Å². The fourth-order valence-corrected chi connectivity index (χ4v) is 4.77. The standard InChI is InChI=1S/C18H23ClN4O2S/c1-13-11-17-20-22(6-2-5-21-7-9-25-10-8-21)18(24)23(17)15-12-14(19)3-4-16(15)26-13/h3-4,12-13H,2,5-11H2,1H3. The lowest BCUT2D eigenvalue weighted by molar-refractivity contribution is 0.0368. The molecule has 2 aliphatic rings. The van der Waals surface area contributed by atoms with Gasteiger partial charge in [0.2, 0.25) is 0 Å². The first-order valence-corrected chi connectivity index (χ1v) is 10.3. The van der Waals surface area contributed by atoms with E-state index in [-0.39, 0.29) is 5.69 Å². The fourth-order valence-electron chi connectivity index (χ4n) is 3.52. The monoisotopic (exact) mass is 394 g/mol. The summed E-state index contributed by atoms with van der Waals surface area (Å²) in [5.74, 6) is 0.822. The number of nitrogens with zero attached hydrogens (tertiary/aromatic N) is 4. The van der Waals surface area contributed by atoms with Gasteiger partial charge in [0.1, 0.15) is 5.82 Å². The van der Waals surface area contributed by atoms with Crippen LogP contribution in [0.4, 0.5) is 0 Å². The van der Waals surface area contributed by atoms with Gasteiger partial charge in [-0.2, -0.15) is 5.10 Å². The van der Waals surface area contributed by atoms with E-state index in [0.29, 0.717) is 16.8 Å². The van der Waals surface area contributed by atoms with Crippen LogP contribution in [-0.4, -0.2) is 57.3 Å². The minimum atomic E-state index is -0.0693. The molecule has 4 rings (SSSR count). The molecule has 8 heteroatoms. The summed E-state index contributed by atoms with van der Waals surface area (Å²) in [4.78, 5) is 16.5. The highest BCUT2D eigenvalue weighted by Gasteiger charge is 2.24. The van der Waals surface area contributed by atoms with E-state index in [1.165, 1.54) is 0 Å². The molecule has 26 heavy (non-hydrogen) atoms. The smallest absolute Gasteiger partial charge is 0.350 e. The van der Waals surface area contributed by atoms with Crippen LogP contribution in [0.5, 0.6) is 0 Å². The number of halogens is 1. The first-order valence-electron chi connectivity index (χ1n) is 9.07. The molecular formula is C18H23ClN4O2S. The highest BCUT2D eigenvalue weighted by Crippen LogP contribution is 2.35. The molecule has 1 aromatic carbocycles. The maximum atomic E-state index is 13.0. The molecule has 0 amide bonds. The highest BCUT2D eigenvalue weighted by atomic mass is 35.5. The van der Waals surface area contributed by atoms with Crippen LogP contribution in [-0.2, 0) is 17.7 Å². The summed E-state index contributed by atoms with van der Waals surface area (Å²) in [6.07, 6.45) is 1.67.